The van der Waals surface area contributed by atoms with E-state index in [0.717, 1.165) is 0 Å². The number of para-hydroxylation sites is 1. The average molecular weight is 234 g/mol. The van der Waals surface area contributed by atoms with E-state index in [1.807, 2.05) is 6.07 Å². The maximum Gasteiger partial charge on any atom is 0.267 e. The molecular formula is C9H14O5S. The molecule has 15 heavy (non-hydrogen) atoms. The van der Waals surface area contributed by atoms with Gasteiger partial charge < -0.3 is 10.2 Å². The van der Waals surface area contributed by atoms with Gasteiger partial charge in [-0.1, -0.05) is 18.2 Å². The summed E-state index contributed by atoms with van der Waals surface area (Å²) in [5.74, 6) is -0.269. The summed E-state index contributed by atoms with van der Waals surface area (Å²) in [6.07, 6.45) is -0.995. The summed E-state index contributed by atoms with van der Waals surface area (Å²) in [6, 6.07) is 8.71. The van der Waals surface area contributed by atoms with E-state index in [9.17, 15) is 8.42 Å². The van der Waals surface area contributed by atoms with E-state index >= 15 is 0 Å². The summed E-state index contributed by atoms with van der Waals surface area (Å²) in [6.45, 7) is 1.29. The molecule has 1 aromatic rings. The topological polar surface area (TPSA) is 94.8 Å². The van der Waals surface area contributed by atoms with Gasteiger partial charge >= 0.3 is 0 Å². The molecule has 0 aliphatic rings. The van der Waals surface area contributed by atoms with Crippen molar-refractivity contribution in [2.24, 2.45) is 0 Å². The van der Waals surface area contributed by atoms with E-state index in [2.05, 4.69) is 0 Å². The molecule has 0 aromatic heterocycles. The summed E-state index contributed by atoms with van der Waals surface area (Å²) < 4.78 is 27.7. The average Bonchev–Trinajstić information content (AvgIpc) is 2.01. The van der Waals surface area contributed by atoms with Crippen LogP contribution in [0, 0.1) is 0 Å². The van der Waals surface area contributed by atoms with E-state index in [4.69, 9.17) is 14.8 Å². The lowest BCUT2D eigenvalue weighted by molar-refractivity contribution is 0.215. The molecule has 1 rings (SSSR count). The Labute approximate surface area is 88.7 Å². The lowest BCUT2D eigenvalue weighted by Crippen LogP contribution is -2.16. The van der Waals surface area contributed by atoms with Gasteiger partial charge in [-0.15, -0.1) is 0 Å². The van der Waals surface area contributed by atoms with Gasteiger partial charge in [-0.3, -0.25) is 4.55 Å². The van der Waals surface area contributed by atoms with Crippen LogP contribution in [0.5, 0.6) is 5.75 Å². The Morgan fingerprint density at radius 2 is 1.73 bits per heavy atom. The number of aliphatic hydroxyl groups is 1. The van der Waals surface area contributed by atoms with E-state index in [0.29, 0.717) is 5.75 Å². The lowest BCUT2D eigenvalue weighted by Gasteiger charge is -1.97. The summed E-state index contributed by atoms with van der Waals surface area (Å²) in [5, 5.41) is 17.0. The standard InChI is InChI=1S/C6H6O.C3H8O4S/c7-6-4-2-1-3-5-6;1-3(4)2-8(5,6)7/h1-5,7H;3-4H,2H2,1H3,(H,5,6,7). The molecule has 0 fully saturated rings. The predicted molar refractivity (Wildman–Crippen MR) is 56.2 cm³/mol. The monoisotopic (exact) mass is 234 g/mol. The van der Waals surface area contributed by atoms with Crippen molar-refractivity contribution in [3.63, 3.8) is 0 Å². The first-order valence-corrected chi connectivity index (χ1v) is 5.79. The van der Waals surface area contributed by atoms with Gasteiger partial charge in [0.15, 0.2) is 0 Å². The fraction of sp³-hybridized carbons (Fsp3) is 0.333. The molecule has 86 valence electrons. The van der Waals surface area contributed by atoms with Crippen molar-refractivity contribution in [2.45, 2.75) is 13.0 Å². The first-order valence-electron chi connectivity index (χ1n) is 4.18. The van der Waals surface area contributed by atoms with Crippen LogP contribution in [-0.2, 0) is 10.1 Å². The minimum absolute atomic E-state index is 0.322. The fourth-order valence-corrected chi connectivity index (χ4v) is 1.34. The number of hydrogen-bond acceptors (Lipinski definition) is 4. The van der Waals surface area contributed by atoms with Gasteiger partial charge in [0.05, 0.1) is 6.10 Å². The molecule has 1 aromatic carbocycles. The normalized spacial score (nSPS) is 12.5. The van der Waals surface area contributed by atoms with E-state index in [1.54, 1.807) is 24.3 Å². The molecule has 0 saturated carbocycles. The Bertz CT molecular complexity index is 357. The highest BCUT2D eigenvalue weighted by Crippen LogP contribution is 2.02. The quantitative estimate of drug-likeness (QED) is 0.653. The minimum atomic E-state index is -3.97. The first-order chi connectivity index (χ1) is 6.81. The summed E-state index contributed by atoms with van der Waals surface area (Å²) in [4.78, 5) is 0. The van der Waals surface area contributed by atoms with Gasteiger partial charge in [0.2, 0.25) is 0 Å². The number of phenols is 1. The SMILES string of the molecule is CC(O)CS(=O)(=O)O.Oc1ccccc1. The molecule has 1 atom stereocenters. The summed E-state index contributed by atoms with van der Waals surface area (Å²) in [5.41, 5.74) is 0. The highest BCUT2D eigenvalue weighted by Gasteiger charge is 2.07. The van der Waals surface area contributed by atoms with Crippen LogP contribution in [0.15, 0.2) is 30.3 Å². The Hall–Kier alpha value is -1.11. The zero-order valence-electron chi connectivity index (χ0n) is 8.24. The molecule has 5 nitrogen and oxygen atoms in total. The van der Waals surface area contributed by atoms with Crippen LogP contribution in [0.1, 0.15) is 6.92 Å². The van der Waals surface area contributed by atoms with Gasteiger partial charge in [0.25, 0.3) is 10.1 Å². The molecule has 0 aliphatic heterocycles. The third-order valence-corrected chi connectivity index (χ3v) is 2.11. The number of hydrogen-bond donors (Lipinski definition) is 3. The number of phenolic OH excluding ortho intramolecular Hbond substituents is 1. The molecule has 3 N–H and O–H groups in total. The second-order valence-electron chi connectivity index (χ2n) is 2.93. The van der Waals surface area contributed by atoms with Gasteiger partial charge in [0, 0.05) is 0 Å². The Balaban J connectivity index is 0.000000262. The second kappa shape index (κ2) is 6.39. The molecule has 0 bridgehead atoms. The van der Waals surface area contributed by atoms with Crippen molar-refractivity contribution in [2.75, 3.05) is 5.75 Å². The minimum Gasteiger partial charge on any atom is -0.508 e. The highest BCUT2D eigenvalue weighted by molar-refractivity contribution is 7.85. The molecule has 0 radical (unpaired) electrons. The Kier molecular flexibility index (Phi) is 5.92. The highest BCUT2D eigenvalue weighted by atomic mass is 32.2. The largest absolute Gasteiger partial charge is 0.508 e. The van der Waals surface area contributed by atoms with Crippen molar-refractivity contribution in [3.05, 3.63) is 30.3 Å². The number of rotatable bonds is 2. The lowest BCUT2D eigenvalue weighted by atomic mass is 10.3. The first kappa shape index (κ1) is 13.9. The maximum atomic E-state index is 9.84. The second-order valence-corrected chi connectivity index (χ2v) is 4.43. The number of aromatic hydroxyl groups is 1. The fourth-order valence-electron chi connectivity index (χ4n) is 0.733. The van der Waals surface area contributed by atoms with Gasteiger partial charge in [0.1, 0.15) is 11.5 Å². The van der Waals surface area contributed by atoms with Gasteiger partial charge in [-0.2, -0.15) is 8.42 Å². The van der Waals surface area contributed by atoms with Crippen LogP contribution in [0.25, 0.3) is 0 Å². The zero-order valence-corrected chi connectivity index (χ0v) is 9.05. The molecule has 0 saturated heterocycles. The van der Waals surface area contributed by atoms with Crippen molar-refractivity contribution < 1.29 is 23.2 Å². The van der Waals surface area contributed by atoms with E-state index < -0.39 is 22.0 Å². The van der Waals surface area contributed by atoms with Crippen LogP contribution in [0.4, 0.5) is 0 Å². The molecular weight excluding hydrogens is 220 g/mol. The van der Waals surface area contributed by atoms with Crippen LogP contribution in [0.3, 0.4) is 0 Å². The van der Waals surface area contributed by atoms with Gasteiger partial charge in [-0.25, -0.2) is 0 Å². The van der Waals surface area contributed by atoms with Crippen molar-refractivity contribution in [3.8, 4) is 5.75 Å². The summed E-state index contributed by atoms with van der Waals surface area (Å²) in [7, 11) is -3.97. The van der Waals surface area contributed by atoms with E-state index in [1.165, 1.54) is 6.92 Å². The molecule has 0 aliphatic carbocycles. The molecule has 6 heteroatoms. The maximum absolute atomic E-state index is 9.84. The van der Waals surface area contributed by atoms with Crippen LogP contribution >= 0.6 is 0 Å². The van der Waals surface area contributed by atoms with Crippen molar-refractivity contribution in [1.29, 1.82) is 0 Å². The third kappa shape index (κ3) is 10.8. The zero-order chi connectivity index (χ0) is 11.9. The van der Waals surface area contributed by atoms with Crippen molar-refractivity contribution in [1.82, 2.24) is 0 Å². The smallest absolute Gasteiger partial charge is 0.267 e. The van der Waals surface area contributed by atoms with E-state index in [-0.39, 0.29) is 0 Å². The van der Waals surface area contributed by atoms with Crippen molar-refractivity contribution >= 4 is 10.1 Å². The summed E-state index contributed by atoms with van der Waals surface area (Å²) >= 11 is 0. The molecule has 0 amide bonds. The van der Waals surface area contributed by atoms with Crippen LogP contribution < -0.4 is 0 Å². The van der Waals surface area contributed by atoms with Gasteiger partial charge in [-0.05, 0) is 19.1 Å². The number of aliphatic hydroxyl groups excluding tert-OH is 1. The molecule has 1 unspecified atom stereocenters. The number of benzene rings is 1. The predicted octanol–water partition coefficient (Wildman–Crippen LogP) is 0.647. The Morgan fingerprint density at radius 3 is 1.87 bits per heavy atom. The Morgan fingerprint density at radius 1 is 1.27 bits per heavy atom. The van der Waals surface area contributed by atoms with Crippen LogP contribution in [0.2, 0.25) is 0 Å². The third-order valence-electron chi connectivity index (χ3n) is 1.21. The molecule has 0 heterocycles. The molecule has 0 spiro atoms. The van der Waals surface area contributed by atoms with Crippen LogP contribution in [-0.4, -0.2) is 35.0 Å².